The van der Waals surface area contributed by atoms with Crippen molar-refractivity contribution in [1.29, 1.82) is 0 Å². The first-order valence-corrected chi connectivity index (χ1v) is 10.5. The Balaban J connectivity index is 1.18. The quantitative estimate of drug-likeness (QED) is 0.562. The highest BCUT2D eigenvalue weighted by Gasteiger charge is 2.19. The van der Waals surface area contributed by atoms with E-state index >= 15 is 0 Å². The third-order valence-corrected chi connectivity index (χ3v) is 5.98. The van der Waals surface area contributed by atoms with Gasteiger partial charge in [0.05, 0.1) is 5.69 Å². The lowest BCUT2D eigenvalue weighted by Gasteiger charge is -2.36. The van der Waals surface area contributed by atoms with Crippen LogP contribution in [0, 0.1) is 5.82 Å². The molecule has 1 saturated heterocycles. The summed E-state index contributed by atoms with van der Waals surface area (Å²) in [5, 5.41) is 4.31. The van der Waals surface area contributed by atoms with Crippen molar-refractivity contribution in [2.24, 2.45) is 0 Å². The van der Waals surface area contributed by atoms with E-state index in [1.807, 2.05) is 12.1 Å². The van der Waals surface area contributed by atoms with Crippen molar-refractivity contribution in [2.45, 2.75) is 51.4 Å². The van der Waals surface area contributed by atoms with E-state index in [9.17, 15) is 4.39 Å². The Kier molecular flexibility index (Phi) is 6.07. The van der Waals surface area contributed by atoms with Gasteiger partial charge in [-0.25, -0.2) is 4.39 Å². The molecule has 1 aromatic heterocycles. The van der Waals surface area contributed by atoms with Crippen molar-refractivity contribution in [3.8, 4) is 0 Å². The lowest BCUT2D eigenvalue weighted by atomic mass is 10.0. The molecule has 2 aliphatic rings. The van der Waals surface area contributed by atoms with Crippen LogP contribution in [0.2, 0.25) is 0 Å². The van der Waals surface area contributed by atoms with Gasteiger partial charge in [0.25, 0.3) is 0 Å². The zero-order valence-corrected chi connectivity index (χ0v) is 16.1. The standard InChI is InChI=1S/C22H30FN3O/c23-18-9-11-19(12-10-18)26-16-14-25(15-17-26)13-5-4-8-22-20-6-2-1-3-7-21(20)24-27-22/h9-12H,1-8,13-17H2. The normalized spacial score (nSPS) is 18.3. The smallest absolute Gasteiger partial charge is 0.140 e. The highest BCUT2D eigenvalue weighted by molar-refractivity contribution is 5.46. The van der Waals surface area contributed by atoms with Gasteiger partial charge in [-0.05, 0) is 69.3 Å². The van der Waals surface area contributed by atoms with Crippen LogP contribution in [-0.2, 0) is 19.3 Å². The number of hydrogen-bond donors (Lipinski definition) is 0. The van der Waals surface area contributed by atoms with Gasteiger partial charge in [-0.3, -0.25) is 4.90 Å². The van der Waals surface area contributed by atoms with Crippen LogP contribution in [0.1, 0.15) is 49.1 Å². The fourth-order valence-corrected chi connectivity index (χ4v) is 4.33. The maximum absolute atomic E-state index is 13.1. The predicted octanol–water partition coefficient (Wildman–Crippen LogP) is 4.23. The van der Waals surface area contributed by atoms with Crippen molar-refractivity contribution < 1.29 is 8.91 Å². The number of fused-ring (bicyclic) bond motifs is 1. The molecule has 146 valence electrons. The van der Waals surface area contributed by atoms with E-state index in [2.05, 4.69) is 15.0 Å². The van der Waals surface area contributed by atoms with Crippen LogP contribution < -0.4 is 4.90 Å². The first-order chi connectivity index (χ1) is 13.3. The maximum atomic E-state index is 13.1. The Labute approximate surface area is 161 Å². The minimum absolute atomic E-state index is 0.166. The number of aryl methyl sites for hydroxylation is 2. The molecule has 1 aliphatic carbocycles. The van der Waals surface area contributed by atoms with E-state index in [1.165, 1.54) is 43.4 Å². The van der Waals surface area contributed by atoms with E-state index in [0.717, 1.165) is 63.4 Å². The molecule has 0 bridgehead atoms. The van der Waals surface area contributed by atoms with Gasteiger partial charge in [-0.15, -0.1) is 0 Å². The second kappa shape index (κ2) is 8.87. The van der Waals surface area contributed by atoms with Crippen molar-refractivity contribution in [3.63, 3.8) is 0 Å². The van der Waals surface area contributed by atoms with Gasteiger partial charge in [0.1, 0.15) is 11.6 Å². The summed E-state index contributed by atoms with van der Waals surface area (Å²) in [6, 6.07) is 6.86. The summed E-state index contributed by atoms with van der Waals surface area (Å²) in [6.45, 7) is 5.33. The van der Waals surface area contributed by atoms with Crippen LogP contribution in [0.3, 0.4) is 0 Å². The molecule has 1 aromatic carbocycles. The van der Waals surface area contributed by atoms with Gasteiger partial charge < -0.3 is 9.42 Å². The number of nitrogens with zero attached hydrogens (tertiary/aromatic N) is 3. The Morgan fingerprint density at radius 1 is 0.926 bits per heavy atom. The largest absolute Gasteiger partial charge is 0.369 e. The van der Waals surface area contributed by atoms with E-state index in [-0.39, 0.29) is 5.82 Å². The summed E-state index contributed by atoms with van der Waals surface area (Å²) in [5.41, 5.74) is 3.77. The zero-order valence-electron chi connectivity index (χ0n) is 16.1. The average molecular weight is 372 g/mol. The summed E-state index contributed by atoms with van der Waals surface area (Å²) < 4.78 is 18.7. The summed E-state index contributed by atoms with van der Waals surface area (Å²) in [6.07, 6.45) is 9.49. The Morgan fingerprint density at radius 3 is 2.52 bits per heavy atom. The number of anilines is 1. The molecule has 27 heavy (non-hydrogen) atoms. The van der Waals surface area contributed by atoms with Crippen molar-refractivity contribution in [2.75, 3.05) is 37.6 Å². The van der Waals surface area contributed by atoms with Crippen LogP contribution in [-0.4, -0.2) is 42.8 Å². The topological polar surface area (TPSA) is 32.5 Å². The Morgan fingerprint density at radius 2 is 1.70 bits per heavy atom. The fourth-order valence-electron chi connectivity index (χ4n) is 4.33. The molecule has 4 rings (SSSR count). The number of rotatable bonds is 6. The van der Waals surface area contributed by atoms with Crippen LogP contribution in [0.5, 0.6) is 0 Å². The molecule has 1 aliphatic heterocycles. The number of piperazine rings is 1. The number of aromatic nitrogens is 1. The summed E-state index contributed by atoms with van der Waals surface area (Å²) >= 11 is 0. The van der Waals surface area contributed by atoms with Gasteiger partial charge in [0, 0.05) is 43.9 Å². The number of benzene rings is 1. The first kappa shape index (κ1) is 18.5. The molecular weight excluding hydrogens is 341 g/mol. The summed E-state index contributed by atoms with van der Waals surface area (Å²) in [5.74, 6) is 0.981. The van der Waals surface area contributed by atoms with Crippen molar-refractivity contribution in [3.05, 3.63) is 47.1 Å². The maximum Gasteiger partial charge on any atom is 0.140 e. The van der Waals surface area contributed by atoms with E-state index in [0.29, 0.717) is 0 Å². The van der Waals surface area contributed by atoms with Crippen LogP contribution in [0.25, 0.3) is 0 Å². The Bertz CT molecular complexity index is 720. The van der Waals surface area contributed by atoms with Crippen molar-refractivity contribution >= 4 is 5.69 Å². The van der Waals surface area contributed by atoms with Gasteiger partial charge >= 0.3 is 0 Å². The van der Waals surface area contributed by atoms with E-state index in [1.54, 1.807) is 12.1 Å². The monoisotopic (exact) mass is 371 g/mol. The molecule has 0 N–H and O–H groups in total. The molecule has 0 spiro atoms. The molecule has 0 radical (unpaired) electrons. The van der Waals surface area contributed by atoms with Crippen molar-refractivity contribution in [1.82, 2.24) is 10.1 Å². The molecule has 0 amide bonds. The second-order valence-electron chi connectivity index (χ2n) is 7.85. The fraction of sp³-hybridized carbons (Fsp3) is 0.591. The molecule has 1 fully saturated rings. The molecule has 0 saturated carbocycles. The third kappa shape index (κ3) is 4.70. The van der Waals surface area contributed by atoms with Gasteiger partial charge in [0.2, 0.25) is 0 Å². The molecule has 0 atom stereocenters. The van der Waals surface area contributed by atoms with E-state index in [4.69, 9.17) is 4.52 Å². The molecular formula is C22H30FN3O. The van der Waals surface area contributed by atoms with Gasteiger partial charge in [-0.2, -0.15) is 0 Å². The number of hydrogen-bond acceptors (Lipinski definition) is 4. The number of halogens is 1. The third-order valence-electron chi connectivity index (χ3n) is 5.98. The highest BCUT2D eigenvalue weighted by Crippen LogP contribution is 2.24. The van der Waals surface area contributed by atoms with Crippen LogP contribution in [0.4, 0.5) is 10.1 Å². The molecule has 0 unspecified atom stereocenters. The first-order valence-electron chi connectivity index (χ1n) is 10.5. The van der Waals surface area contributed by atoms with Crippen LogP contribution in [0.15, 0.2) is 28.8 Å². The lowest BCUT2D eigenvalue weighted by Crippen LogP contribution is -2.46. The minimum atomic E-state index is -0.166. The lowest BCUT2D eigenvalue weighted by molar-refractivity contribution is 0.251. The predicted molar refractivity (Wildman–Crippen MR) is 106 cm³/mol. The average Bonchev–Trinajstić information content (AvgIpc) is 2.93. The molecule has 4 nitrogen and oxygen atoms in total. The van der Waals surface area contributed by atoms with Gasteiger partial charge in [-0.1, -0.05) is 11.6 Å². The molecule has 2 aromatic rings. The zero-order chi connectivity index (χ0) is 18.5. The molecule has 5 heteroatoms. The number of unbranched alkanes of at least 4 members (excludes halogenated alkanes) is 1. The van der Waals surface area contributed by atoms with Gasteiger partial charge in [0.15, 0.2) is 0 Å². The second-order valence-corrected chi connectivity index (χ2v) is 7.85. The molecule has 2 heterocycles. The summed E-state index contributed by atoms with van der Waals surface area (Å²) in [7, 11) is 0. The SMILES string of the molecule is Fc1ccc(N2CCN(CCCCc3onc4c3CCCCC4)CC2)cc1. The summed E-state index contributed by atoms with van der Waals surface area (Å²) in [4.78, 5) is 4.89. The van der Waals surface area contributed by atoms with E-state index < -0.39 is 0 Å². The highest BCUT2D eigenvalue weighted by atomic mass is 19.1. The Hall–Kier alpha value is -1.88. The van der Waals surface area contributed by atoms with Crippen LogP contribution >= 0.6 is 0 Å². The minimum Gasteiger partial charge on any atom is -0.369 e.